The molecule has 8 nitrogen and oxygen atoms in total. The maximum absolute atomic E-state index is 13.7. The van der Waals surface area contributed by atoms with Gasteiger partial charge in [-0.3, -0.25) is 19.6 Å². The molecule has 2 aromatic heterocycles. The van der Waals surface area contributed by atoms with Crippen LogP contribution in [0.15, 0.2) is 43.7 Å². The molecule has 0 saturated heterocycles. The van der Waals surface area contributed by atoms with Crippen molar-refractivity contribution in [2.24, 2.45) is 0 Å². The van der Waals surface area contributed by atoms with Crippen LogP contribution in [-0.2, 0) is 0 Å². The van der Waals surface area contributed by atoms with Crippen LogP contribution in [0.3, 0.4) is 0 Å². The third-order valence-electron chi connectivity index (χ3n) is 3.66. The average molecular weight is 366 g/mol. The van der Waals surface area contributed by atoms with E-state index in [9.17, 15) is 32.3 Å². The van der Waals surface area contributed by atoms with E-state index in [0.29, 0.717) is 12.1 Å². The Labute approximate surface area is 140 Å². The first-order valence-electron chi connectivity index (χ1n) is 7.06. The van der Waals surface area contributed by atoms with Gasteiger partial charge in [0, 0.05) is 29.4 Å². The number of benzene rings is 1. The van der Waals surface area contributed by atoms with Crippen molar-refractivity contribution in [3.8, 4) is 0 Å². The summed E-state index contributed by atoms with van der Waals surface area (Å²) < 4.78 is 40.6. The Bertz CT molecular complexity index is 1130. The van der Waals surface area contributed by atoms with E-state index in [1.165, 1.54) is 0 Å². The van der Waals surface area contributed by atoms with Crippen LogP contribution < -0.4 is 22.5 Å². The van der Waals surface area contributed by atoms with Gasteiger partial charge >= 0.3 is 11.4 Å². The first kappa shape index (κ1) is 17.2. The van der Waals surface area contributed by atoms with Crippen molar-refractivity contribution >= 4 is 0 Å². The summed E-state index contributed by atoms with van der Waals surface area (Å²) >= 11 is 0. The summed E-state index contributed by atoms with van der Waals surface area (Å²) in [5.41, 5.74) is -4.35. The van der Waals surface area contributed by atoms with Crippen molar-refractivity contribution < 1.29 is 13.2 Å². The lowest BCUT2D eigenvalue weighted by Crippen LogP contribution is -2.31. The van der Waals surface area contributed by atoms with Crippen LogP contribution in [0.1, 0.15) is 22.6 Å². The normalized spacial score (nSPS) is 11.1. The molecule has 26 heavy (non-hydrogen) atoms. The van der Waals surface area contributed by atoms with Crippen LogP contribution in [0.25, 0.3) is 0 Å². The molecule has 0 aliphatic heterocycles. The quantitative estimate of drug-likeness (QED) is 0.487. The fourth-order valence-electron chi connectivity index (χ4n) is 2.54. The lowest BCUT2D eigenvalue weighted by molar-refractivity contribution is 0.445. The molecule has 134 valence electrons. The van der Waals surface area contributed by atoms with Crippen LogP contribution in [0.5, 0.6) is 0 Å². The highest BCUT2D eigenvalue weighted by Crippen LogP contribution is 2.29. The lowest BCUT2D eigenvalue weighted by Gasteiger charge is -2.16. The van der Waals surface area contributed by atoms with Gasteiger partial charge in [-0.05, 0) is 17.7 Å². The maximum atomic E-state index is 13.7. The van der Waals surface area contributed by atoms with Crippen molar-refractivity contribution in [3.63, 3.8) is 0 Å². The summed E-state index contributed by atoms with van der Waals surface area (Å²) in [6, 6.07) is 1.22. The molecule has 0 aliphatic rings. The molecule has 0 aliphatic carbocycles. The fraction of sp³-hybridized carbons (Fsp3) is 0.0667. The molecule has 0 saturated carbocycles. The Hall–Kier alpha value is -3.63. The van der Waals surface area contributed by atoms with E-state index in [1.807, 2.05) is 9.97 Å². The Morgan fingerprint density at radius 3 is 1.54 bits per heavy atom. The SMILES string of the molecule is O=c1[nH]cc(C(c2cc(F)c(F)c(F)c2)c2c[nH]c(=O)[nH]c2=O)c(=O)[nH]1. The molecule has 0 bridgehead atoms. The second-order valence-electron chi connectivity index (χ2n) is 5.29. The van der Waals surface area contributed by atoms with Gasteiger partial charge in [-0.2, -0.15) is 0 Å². The maximum Gasteiger partial charge on any atom is 0.325 e. The fourth-order valence-corrected chi connectivity index (χ4v) is 2.54. The summed E-state index contributed by atoms with van der Waals surface area (Å²) in [4.78, 5) is 54.8. The van der Waals surface area contributed by atoms with E-state index in [-0.39, 0.29) is 16.7 Å². The summed E-state index contributed by atoms with van der Waals surface area (Å²) in [5.74, 6) is -6.20. The highest BCUT2D eigenvalue weighted by Gasteiger charge is 2.26. The van der Waals surface area contributed by atoms with Crippen LogP contribution in [0.2, 0.25) is 0 Å². The number of hydrogen-bond donors (Lipinski definition) is 4. The summed E-state index contributed by atoms with van der Waals surface area (Å²) in [7, 11) is 0. The minimum absolute atomic E-state index is 0.257. The smallest absolute Gasteiger partial charge is 0.314 e. The molecule has 3 rings (SSSR count). The van der Waals surface area contributed by atoms with Crippen molar-refractivity contribution in [1.29, 1.82) is 0 Å². The van der Waals surface area contributed by atoms with Crippen LogP contribution in [0, 0.1) is 17.5 Å². The van der Waals surface area contributed by atoms with Crippen LogP contribution in [-0.4, -0.2) is 19.9 Å². The van der Waals surface area contributed by atoms with Crippen molar-refractivity contribution in [2.75, 3.05) is 0 Å². The molecule has 3 aromatic rings. The van der Waals surface area contributed by atoms with E-state index in [0.717, 1.165) is 12.4 Å². The third kappa shape index (κ3) is 3.01. The van der Waals surface area contributed by atoms with Crippen molar-refractivity contribution in [3.05, 3.63) is 100 Å². The molecule has 0 spiro atoms. The Kier molecular flexibility index (Phi) is 4.20. The second-order valence-corrected chi connectivity index (χ2v) is 5.29. The number of hydrogen-bond acceptors (Lipinski definition) is 4. The minimum Gasteiger partial charge on any atom is -0.314 e. The molecule has 0 radical (unpaired) electrons. The largest absolute Gasteiger partial charge is 0.325 e. The summed E-state index contributed by atoms with van der Waals surface area (Å²) in [6.07, 6.45) is 1.91. The Balaban J connectivity index is 2.36. The van der Waals surface area contributed by atoms with Gasteiger partial charge in [-0.25, -0.2) is 22.8 Å². The van der Waals surface area contributed by atoms with E-state index in [1.54, 1.807) is 0 Å². The van der Waals surface area contributed by atoms with Gasteiger partial charge in [0.2, 0.25) is 0 Å². The van der Waals surface area contributed by atoms with Gasteiger partial charge in [0.25, 0.3) is 11.1 Å². The second kappa shape index (κ2) is 6.35. The zero-order valence-corrected chi connectivity index (χ0v) is 12.7. The summed E-state index contributed by atoms with van der Waals surface area (Å²) in [6.45, 7) is 0. The number of aromatic amines is 4. The molecule has 0 unspecified atom stereocenters. The molecule has 0 amide bonds. The number of halogens is 3. The predicted molar refractivity (Wildman–Crippen MR) is 82.6 cm³/mol. The van der Waals surface area contributed by atoms with Crippen LogP contribution in [0.4, 0.5) is 13.2 Å². The van der Waals surface area contributed by atoms with E-state index in [4.69, 9.17) is 0 Å². The van der Waals surface area contributed by atoms with E-state index >= 15 is 0 Å². The van der Waals surface area contributed by atoms with Gasteiger partial charge in [-0.15, -0.1) is 0 Å². The Morgan fingerprint density at radius 1 is 0.731 bits per heavy atom. The molecular weight excluding hydrogens is 357 g/mol. The molecule has 1 aromatic carbocycles. The number of nitrogens with one attached hydrogen (secondary N) is 4. The average Bonchev–Trinajstić information content (AvgIpc) is 2.56. The predicted octanol–water partition coefficient (Wildman–Crippen LogP) is 0.0373. The first-order chi connectivity index (χ1) is 12.3. The number of rotatable bonds is 3. The zero-order chi connectivity index (χ0) is 19.0. The molecule has 4 N–H and O–H groups in total. The molecule has 0 fully saturated rings. The monoisotopic (exact) mass is 366 g/mol. The molecule has 2 heterocycles. The standard InChI is InChI=1S/C15H9F3N4O4/c16-8-1-5(2-9(17)11(8)18)10(6-3-19-14(25)21-12(6)23)7-4-20-15(26)22-13(7)24/h1-4,10H,(H2,19,21,23,25)(H2,20,22,24,26). The first-order valence-corrected chi connectivity index (χ1v) is 7.06. The van der Waals surface area contributed by atoms with Gasteiger partial charge in [-0.1, -0.05) is 0 Å². The van der Waals surface area contributed by atoms with Gasteiger partial charge < -0.3 is 9.97 Å². The molecule has 11 heteroatoms. The van der Waals surface area contributed by atoms with Crippen molar-refractivity contribution in [2.45, 2.75) is 5.92 Å². The number of H-pyrrole nitrogens is 4. The Morgan fingerprint density at radius 2 is 1.15 bits per heavy atom. The zero-order valence-electron chi connectivity index (χ0n) is 12.7. The highest BCUT2D eigenvalue weighted by atomic mass is 19.2. The number of aromatic nitrogens is 4. The minimum atomic E-state index is -1.72. The molecule has 0 atom stereocenters. The van der Waals surface area contributed by atoms with Crippen LogP contribution >= 0.6 is 0 Å². The van der Waals surface area contributed by atoms with Crippen molar-refractivity contribution in [1.82, 2.24) is 19.9 Å². The van der Waals surface area contributed by atoms with Gasteiger partial charge in [0.05, 0.1) is 0 Å². The summed E-state index contributed by atoms with van der Waals surface area (Å²) in [5, 5.41) is 0. The lowest BCUT2D eigenvalue weighted by atomic mass is 9.87. The highest BCUT2D eigenvalue weighted by molar-refractivity contribution is 5.40. The van der Waals surface area contributed by atoms with Gasteiger partial charge in [0.15, 0.2) is 17.5 Å². The van der Waals surface area contributed by atoms with E-state index in [2.05, 4.69) is 9.97 Å². The third-order valence-corrected chi connectivity index (χ3v) is 3.66. The molecular formula is C15H9F3N4O4. The topological polar surface area (TPSA) is 131 Å². The van der Waals surface area contributed by atoms with E-state index < -0.39 is 45.9 Å². The van der Waals surface area contributed by atoms with Gasteiger partial charge in [0.1, 0.15) is 0 Å².